The molecule has 0 aliphatic carbocycles. The van der Waals surface area contributed by atoms with E-state index in [1.165, 1.54) is 10.6 Å². The van der Waals surface area contributed by atoms with Crippen molar-refractivity contribution in [3.8, 4) is 0 Å². The van der Waals surface area contributed by atoms with Gasteiger partial charge in [0, 0.05) is 0 Å². The molecular weight excluding hydrogens is 297 g/mol. The molecule has 2 nitrogen and oxygen atoms in total. The van der Waals surface area contributed by atoms with Crippen molar-refractivity contribution in [3.05, 3.63) is 0 Å². The Balaban J connectivity index is -0.000000208. The molecular formula is C8H15AlCl4O2. The molecule has 0 atom stereocenters. The summed E-state index contributed by atoms with van der Waals surface area (Å²) >= 11 is 16.2. The van der Waals surface area contributed by atoms with E-state index in [4.69, 9.17) is 34.8 Å². The van der Waals surface area contributed by atoms with E-state index in [-0.39, 0.29) is 19.0 Å². The van der Waals surface area contributed by atoms with E-state index >= 15 is 0 Å². The van der Waals surface area contributed by atoms with Gasteiger partial charge in [0.2, 0.25) is 0 Å². The predicted octanol–water partition coefficient (Wildman–Crippen LogP) is 0.491. The second-order valence-electron chi connectivity index (χ2n) is 2.32. The van der Waals surface area contributed by atoms with Gasteiger partial charge in [-0.2, -0.15) is 0 Å². The number of esters is 1. The van der Waals surface area contributed by atoms with Gasteiger partial charge in [0.25, 0.3) is 3.79 Å². The molecule has 7 heteroatoms. The molecule has 0 saturated heterocycles. The molecule has 0 aromatic carbocycles. The molecule has 0 spiro atoms. The quantitative estimate of drug-likeness (QED) is 0.431. The summed E-state index contributed by atoms with van der Waals surface area (Å²) < 4.78 is 2.44. The zero-order chi connectivity index (χ0) is 11.6. The zero-order valence-corrected chi connectivity index (χ0v) is 13.2. The standard InChI is InChI=1S/C4H5Cl3O2.2C2H5.Al.ClH/c1-2-9-3(8)4(5,6)7;2*1-2;;/h2H2,1H3;2*1H2,2H3;;1H/q;;;+1;/p-1. The fraction of sp³-hybridized carbons (Fsp3) is 0.875. The number of carbonyl (C=O) groups is 1. The molecule has 0 aliphatic heterocycles. The molecule has 0 saturated carbocycles. The molecule has 0 bridgehead atoms. The largest absolute Gasteiger partial charge is 1.00 e. The van der Waals surface area contributed by atoms with E-state index in [0.717, 1.165) is 15.2 Å². The SMILES string of the molecule is CCOC(=O)C(Cl)(Cl)Cl.C[CH2][Al+][CH2]C.[Cl-]. The predicted molar refractivity (Wildman–Crippen MR) is 63.6 cm³/mol. The fourth-order valence-corrected chi connectivity index (χ4v) is 1.24. The van der Waals surface area contributed by atoms with Crippen LogP contribution in [0.4, 0.5) is 0 Å². The van der Waals surface area contributed by atoms with Crippen LogP contribution >= 0.6 is 34.8 Å². The van der Waals surface area contributed by atoms with Crippen molar-refractivity contribution in [2.45, 2.75) is 35.1 Å². The maximum atomic E-state index is 10.4. The molecule has 0 heterocycles. The Labute approximate surface area is 119 Å². The Morgan fingerprint density at radius 3 is 1.67 bits per heavy atom. The van der Waals surface area contributed by atoms with E-state index in [9.17, 15) is 4.79 Å². The van der Waals surface area contributed by atoms with Crippen molar-refractivity contribution < 1.29 is 21.9 Å². The van der Waals surface area contributed by atoms with Crippen molar-refractivity contribution in [1.82, 2.24) is 0 Å². The molecule has 0 amide bonds. The fourth-order valence-electron chi connectivity index (χ4n) is 0.502. The van der Waals surface area contributed by atoms with Gasteiger partial charge in [-0.05, 0) is 6.92 Å². The average Bonchev–Trinajstić information content (AvgIpc) is 2.05. The number of alkyl halides is 3. The Hall–Kier alpha value is 1.16. The molecule has 0 aromatic rings. The van der Waals surface area contributed by atoms with Gasteiger partial charge in [-0.1, -0.05) is 34.8 Å². The molecule has 0 aliphatic rings. The van der Waals surface area contributed by atoms with Gasteiger partial charge >= 0.3 is 45.6 Å². The van der Waals surface area contributed by atoms with Crippen molar-refractivity contribution in [2.75, 3.05) is 6.61 Å². The Morgan fingerprint density at radius 2 is 1.60 bits per heavy atom. The van der Waals surface area contributed by atoms with E-state index in [0.29, 0.717) is 0 Å². The van der Waals surface area contributed by atoms with Crippen LogP contribution in [0, 0.1) is 0 Å². The van der Waals surface area contributed by atoms with Crippen LogP contribution in [0.25, 0.3) is 0 Å². The summed E-state index contributed by atoms with van der Waals surface area (Å²) in [7, 11) is 0. The summed E-state index contributed by atoms with van der Waals surface area (Å²) in [6, 6.07) is 0. The van der Waals surface area contributed by atoms with Crippen LogP contribution in [0.15, 0.2) is 0 Å². The van der Waals surface area contributed by atoms with E-state index < -0.39 is 9.76 Å². The number of carbonyl (C=O) groups excluding carboxylic acids is 1. The Kier molecular flexibility index (Phi) is 18.9. The van der Waals surface area contributed by atoms with Gasteiger partial charge in [0.15, 0.2) is 0 Å². The van der Waals surface area contributed by atoms with Crippen LogP contribution in [0.2, 0.25) is 10.6 Å². The van der Waals surface area contributed by atoms with Crippen molar-refractivity contribution in [3.63, 3.8) is 0 Å². The minimum absolute atomic E-state index is 0. The molecule has 90 valence electrons. The third-order valence-electron chi connectivity index (χ3n) is 1.08. The first-order valence-corrected chi connectivity index (χ1v) is 7.22. The van der Waals surface area contributed by atoms with Gasteiger partial charge in [0.1, 0.15) is 0 Å². The maximum Gasteiger partial charge on any atom is -1.00 e. The van der Waals surface area contributed by atoms with Crippen molar-refractivity contribution >= 4 is 56.0 Å². The van der Waals surface area contributed by atoms with E-state index in [1.807, 2.05) is 0 Å². The summed E-state index contributed by atoms with van der Waals surface area (Å²) in [5.41, 5.74) is 0. The van der Waals surface area contributed by atoms with Gasteiger partial charge in [-0.25, -0.2) is 4.79 Å². The number of halogens is 4. The summed E-state index contributed by atoms with van der Waals surface area (Å²) in [5.74, 6) is -0.838. The molecule has 0 radical (unpaired) electrons. The number of ether oxygens (including phenoxy) is 1. The van der Waals surface area contributed by atoms with Gasteiger partial charge in [0.05, 0.1) is 6.61 Å². The van der Waals surface area contributed by atoms with Gasteiger partial charge in [-0.15, -0.1) is 0 Å². The molecule has 0 rings (SSSR count). The zero-order valence-electron chi connectivity index (χ0n) is 9.03. The van der Waals surface area contributed by atoms with Crippen molar-refractivity contribution in [2.24, 2.45) is 0 Å². The Morgan fingerprint density at radius 1 is 1.20 bits per heavy atom. The van der Waals surface area contributed by atoms with Crippen LogP contribution in [0.1, 0.15) is 20.8 Å². The second-order valence-corrected chi connectivity index (χ2v) is 6.81. The third-order valence-corrected chi connectivity index (χ3v) is 2.70. The monoisotopic (exact) mass is 310 g/mol. The topological polar surface area (TPSA) is 26.3 Å². The van der Waals surface area contributed by atoms with Gasteiger partial charge in [-0.3, -0.25) is 0 Å². The number of hydrogen-bond acceptors (Lipinski definition) is 2. The third kappa shape index (κ3) is 17.8. The minimum Gasteiger partial charge on any atom is -1.00 e. The number of rotatable bonds is 3. The van der Waals surface area contributed by atoms with Crippen LogP contribution < -0.4 is 12.4 Å². The van der Waals surface area contributed by atoms with Crippen LogP contribution in [-0.4, -0.2) is 31.6 Å². The molecule has 0 aromatic heterocycles. The summed E-state index contributed by atoms with van der Waals surface area (Å²) in [5, 5.41) is 2.85. The normalized spacial score (nSPS) is 8.93. The maximum absolute atomic E-state index is 10.4. The van der Waals surface area contributed by atoms with Gasteiger partial charge < -0.3 is 17.1 Å². The molecule has 0 N–H and O–H groups in total. The van der Waals surface area contributed by atoms with Crippen LogP contribution in [0.5, 0.6) is 0 Å². The van der Waals surface area contributed by atoms with E-state index in [2.05, 4.69) is 18.6 Å². The minimum atomic E-state index is -1.93. The first kappa shape index (κ1) is 21.4. The van der Waals surface area contributed by atoms with E-state index in [1.54, 1.807) is 6.92 Å². The smallest absolute Gasteiger partial charge is 1.00 e. The molecule has 15 heavy (non-hydrogen) atoms. The number of hydrogen-bond donors (Lipinski definition) is 0. The summed E-state index contributed by atoms with van der Waals surface area (Å²) in [6.07, 6.45) is 0. The van der Waals surface area contributed by atoms with Crippen LogP contribution in [0.3, 0.4) is 0 Å². The summed E-state index contributed by atoms with van der Waals surface area (Å²) in [6.45, 7) is 6.35. The summed E-state index contributed by atoms with van der Waals surface area (Å²) in [4.78, 5) is 10.4. The first-order valence-electron chi connectivity index (χ1n) is 4.45. The molecule has 0 fully saturated rings. The average molecular weight is 312 g/mol. The molecule has 0 unspecified atom stereocenters. The first-order chi connectivity index (χ1) is 6.40. The Bertz CT molecular complexity index is 148. The second kappa shape index (κ2) is 13.2. The van der Waals surface area contributed by atoms with Crippen LogP contribution in [-0.2, 0) is 9.53 Å². The van der Waals surface area contributed by atoms with Crippen molar-refractivity contribution in [1.29, 1.82) is 0 Å².